The van der Waals surface area contributed by atoms with Crippen molar-refractivity contribution in [3.63, 3.8) is 0 Å². The monoisotopic (exact) mass is 322 g/mol. The van der Waals surface area contributed by atoms with Gasteiger partial charge in [0.1, 0.15) is 12.6 Å². The second-order valence-electron chi connectivity index (χ2n) is 5.14. The number of hydrogen-bond donors (Lipinski definition) is 1. The van der Waals surface area contributed by atoms with Crippen molar-refractivity contribution >= 4 is 5.69 Å². The molecule has 2 aromatic carbocycles. The average molecular weight is 323 g/mol. The summed E-state index contributed by atoms with van der Waals surface area (Å²) < 4.78 is 0. The lowest BCUT2D eigenvalue weighted by atomic mass is 10.2. The number of nitro groups is 1. The molecule has 0 radical (unpaired) electrons. The summed E-state index contributed by atoms with van der Waals surface area (Å²) in [5.41, 5.74) is 1.25. The van der Waals surface area contributed by atoms with E-state index in [-0.39, 0.29) is 24.1 Å². The highest BCUT2D eigenvalue weighted by molar-refractivity contribution is 5.35. The van der Waals surface area contributed by atoms with Crippen LogP contribution in [0.4, 0.5) is 5.69 Å². The molecule has 0 aliphatic rings. The smallest absolute Gasteiger partial charge is 0.269 e. The van der Waals surface area contributed by atoms with Crippen LogP contribution in [0.2, 0.25) is 0 Å². The van der Waals surface area contributed by atoms with Crippen molar-refractivity contribution in [2.24, 2.45) is 0 Å². The Kier molecular flexibility index (Phi) is 6.82. The van der Waals surface area contributed by atoms with Crippen molar-refractivity contribution in [3.05, 3.63) is 70.3 Å². The molecule has 0 heterocycles. The van der Waals surface area contributed by atoms with Crippen LogP contribution >= 0.6 is 0 Å². The first-order chi connectivity index (χ1) is 10.1. The molecule has 6 heteroatoms. The Morgan fingerprint density at radius 2 is 1.68 bits per heavy atom. The van der Waals surface area contributed by atoms with Crippen LogP contribution in [0.25, 0.3) is 0 Å². The summed E-state index contributed by atoms with van der Waals surface area (Å²) in [5, 5.41) is 11.6. The van der Waals surface area contributed by atoms with Gasteiger partial charge in [-0.3, -0.25) is 10.1 Å². The normalized spacial score (nSPS) is 11.6. The van der Waals surface area contributed by atoms with Crippen molar-refractivity contribution in [1.29, 1.82) is 0 Å². The van der Waals surface area contributed by atoms with Crippen LogP contribution in [0.1, 0.15) is 19.4 Å². The van der Waals surface area contributed by atoms with E-state index in [0.29, 0.717) is 5.75 Å². The van der Waals surface area contributed by atoms with Gasteiger partial charge < -0.3 is 17.2 Å². The zero-order valence-electron chi connectivity index (χ0n) is 12.5. The zero-order valence-corrected chi connectivity index (χ0v) is 13.3. The summed E-state index contributed by atoms with van der Waals surface area (Å²) in [7, 11) is 0. The summed E-state index contributed by atoms with van der Waals surface area (Å²) in [6.07, 6.45) is 0. The Hall–Kier alpha value is -2.11. The maximum Gasteiger partial charge on any atom is 0.269 e. The third kappa shape index (κ3) is 5.02. The molecule has 2 aromatic rings. The van der Waals surface area contributed by atoms with E-state index in [9.17, 15) is 10.1 Å². The number of halogens is 1. The minimum absolute atomic E-state index is 0. The van der Waals surface area contributed by atoms with E-state index in [1.165, 1.54) is 17.7 Å². The molecule has 5 nitrogen and oxygen atoms in total. The predicted molar refractivity (Wildman–Crippen MR) is 80.0 cm³/mol. The molecule has 0 saturated carbocycles. The molecule has 0 amide bonds. The van der Waals surface area contributed by atoms with Crippen molar-refractivity contribution in [1.82, 2.24) is 0 Å². The zero-order chi connectivity index (χ0) is 15.2. The molecular weight excluding hydrogens is 304 g/mol. The van der Waals surface area contributed by atoms with Gasteiger partial charge in [-0.05, 0) is 26.0 Å². The van der Waals surface area contributed by atoms with Crippen LogP contribution in [0.15, 0.2) is 54.6 Å². The quantitative estimate of drug-likeness (QED) is 0.570. The highest BCUT2D eigenvalue weighted by atomic mass is 35.5. The Labute approximate surface area is 136 Å². The van der Waals surface area contributed by atoms with Gasteiger partial charge in [-0.1, -0.05) is 30.3 Å². The first kappa shape index (κ1) is 17.9. The summed E-state index contributed by atoms with van der Waals surface area (Å²) in [6.45, 7) is 4.88. The highest BCUT2D eigenvalue weighted by Crippen LogP contribution is 2.16. The Bertz CT molecular complexity index is 588. The van der Waals surface area contributed by atoms with Gasteiger partial charge in [0, 0.05) is 17.7 Å². The van der Waals surface area contributed by atoms with E-state index >= 15 is 0 Å². The van der Waals surface area contributed by atoms with Crippen molar-refractivity contribution in [2.45, 2.75) is 26.4 Å². The van der Waals surface area contributed by atoms with Crippen LogP contribution < -0.4 is 22.3 Å². The molecular formula is C16H19ClN2O3. The fraction of sp³-hybridized carbons (Fsp3) is 0.250. The van der Waals surface area contributed by atoms with Gasteiger partial charge in [0.25, 0.3) is 5.69 Å². The highest BCUT2D eigenvalue weighted by Gasteiger charge is 2.17. The number of nitrogens with zero attached hydrogens (tertiary/aromatic N) is 1. The fourth-order valence-corrected chi connectivity index (χ4v) is 1.94. The third-order valence-corrected chi connectivity index (χ3v) is 3.16. The number of hydrogen-bond acceptors (Lipinski definition) is 3. The molecule has 2 rings (SSSR count). The van der Waals surface area contributed by atoms with E-state index in [4.69, 9.17) is 4.84 Å². The molecule has 0 aliphatic heterocycles. The summed E-state index contributed by atoms with van der Waals surface area (Å²) in [6, 6.07) is 16.5. The lowest BCUT2D eigenvalue weighted by Gasteiger charge is -2.21. The SMILES string of the molecule is CC(C)[NH+](Cc1ccccc1)Oc1ccc([N+](=O)[O-])cc1.[Cl-]. The molecule has 0 spiro atoms. The number of non-ortho nitro benzene ring substituents is 1. The molecule has 0 aliphatic carbocycles. The molecule has 0 saturated heterocycles. The number of quaternary nitrogens is 1. The predicted octanol–water partition coefficient (Wildman–Crippen LogP) is -0.614. The maximum atomic E-state index is 10.6. The van der Waals surface area contributed by atoms with Crippen LogP contribution in [0.5, 0.6) is 5.75 Å². The number of nitrogens with one attached hydrogen (secondary N) is 1. The first-order valence-corrected chi connectivity index (χ1v) is 6.88. The topological polar surface area (TPSA) is 56.8 Å². The molecule has 118 valence electrons. The van der Waals surface area contributed by atoms with E-state index in [0.717, 1.165) is 11.6 Å². The third-order valence-electron chi connectivity index (χ3n) is 3.16. The summed E-state index contributed by atoms with van der Waals surface area (Å²) >= 11 is 0. The van der Waals surface area contributed by atoms with Gasteiger partial charge in [-0.15, -0.1) is 5.06 Å². The van der Waals surface area contributed by atoms with Gasteiger partial charge in [0.2, 0.25) is 0 Å². The van der Waals surface area contributed by atoms with Crippen molar-refractivity contribution < 1.29 is 27.2 Å². The minimum atomic E-state index is -0.416. The molecule has 1 unspecified atom stereocenters. The Balaban J connectivity index is 0.00000242. The molecule has 0 bridgehead atoms. The van der Waals surface area contributed by atoms with Crippen LogP contribution in [-0.2, 0) is 6.54 Å². The van der Waals surface area contributed by atoms with E-state index in [1.807, 2.05) is 18.2 Å². The van der Waals surface area contributed by atoms with Crippen LogP contribution in [0, 0.1) is 10.1 Å². The second-order valence-corrected chi connectivity index (χ2v) is 5.14. The molecule has 0 aromatic heterocycles. The lowest BCUT2D eigenvalue weighted by molar-refractivity contribution is -1.09. The minimum Gasteiger partial charge on any atom is -1.00 e. The van der Waals surface area contributed by atoms with Gasteiger partial charge in [-0.2, -0.15) is 0 Å². The summed E-state index contributed by atoms with van der Waals surface area (Å²) in [4.78, 5) is 16.1. The van der Waals surface area contributed by atoms with Gasteiger partial charge in [0.05, 0.1) is 4.92 Å². The molecule has 1 N–H and O–H groups in total. The molecule has 0 fully saturated rings. The largest absolute Gasteiger partial charge is 1.00 e. The van der Waals surface area contributed by atoms with Crippen LogP contribution in [0.3, 0.4) is 0 Å². The Morgan fingerprint density at radius 3 is 2.18 bits per heavy atom. The standard InChI is InChI=1S/C16H18N2O3.ClH/c1-13(2)17(12-14-6-4-3-5-7-14)21-16-10-8-15(9-11-16)18(19)20;/h3-11,13H,12H2,1-2H3;1H. The number of benzene rings is 2. The number of hydroxylamine groups is 2. The van der Waals surface area contributed by atoms with Gasteiger partial charge in [-0.25, -0.2) is 0 Å². The fourth-order valence-electron chi connectivity index (χ4n) is 1.94. The van der Waals surface area contributed by atoms with Crippen molar-refractivity contribution in [3.8, 4) is 5.75 Å². The van der Waals surface area contributed by atoms with Crippen molar-refractivity contribution in [2.75, 3.05) is 0 Å². The molecule has 1 atom stereocenters. The second kappa shape index (κ2) is 8.36. The van der Waals surface area contributed by atoms with E-state index in [1.54, 1.807) is 12.1 Å². The lowest BCUT2D eigenvalue weighted by Crippen LogP contribution is -3.15. The van der Waals surface area contributed by atoms with Gasteiger partial charge >= 0.3 is 0 Å². The van der Waals surface area contributed by atoms with Gasteiger partial charge in [0.15, 0.2) is 5.75 Å². The Morgan fingerprint density at radius 1 is 1.09 bits per heavy atom. The number of rotatable bonds is 6. The van der Waals surface area contributed by atoms with E-state index in [2.05, 4.69) is 26.0 Å². The average Bonchev–Trinajstić information content (AvgIpc) is 2.48. The summed E-state index contributed by atoms with van der Waals surface area (Å²) in [5.74, 6) is 0.625. The van der Waals surface area contributed by atoms with E-state index < -0.39 is 4.92 Å². The first-order valence-electron chi connectivity index (χ1n) is 6.88. The molecule has 22 heavy (non-hydrogen) atoms. The maximum absolute atomic E-state index is 10.6. The van der Waals surface area contributed by atoms with Crippen LogP contribution in [-0.4, -0.2) is 11.0 Å². The number of nitro benzene ring substituents is 1.